The van der Waals surface area contributed by atoms with Gasteiger partial charge in [-0.3, -0.25) is 4.79 Å². The predicted octanol–water partition coefficient (Wildman–Crippen LogP) is 3.50. The predicted molar refractivity (Wildman–Crippen MR) is 96.1 cm³/mol. The molecule has 1 fully saturated rings. The van der Waals surface area contributed by atoms with Crippen LogP contribution in [0.3, 0.4) is 0 Å². The van der Waals surface area contributed by atoms with E-state index in [0.29, 0.717) is 16.6 Å². The van der Waals surface area contributed by atoms with Gasteiger partial charge in [0.1, 0.15) is 0 Å². The van der Waals surface area contributed by atoms with Gasteiger partial charge in [0.2, 0.25) is 5.91 Å². The molecule has 1 heterocycles. The van der Waals surface area contributed by atoms with E-state index < -0.39 is 0 Å². The molecule has 116 valence electrons. The second kappa shape index (κ2) is 7.44. The summed E-state index contributed by atoms with van der Waals surface area (Å²) in [6.07, 6.45) is 2.28. The van der Waals surface area contributed by atoms with Crippen LogP contribution in [0.15, 0.2) is 64.8 Å². The van der Waals surface area contributed by atoms with Gasteiger partial charge in [-0.05, 0) is 29.7 Å². The Hall–Kier alpha value is -2.11. The van der Waals surface area contributed by atoms with E-state index >= 15 is 0 Å². The number of carbonyl (C=O) groups excluding carboxylic acids is 1. The lowest BCUT2D eigenvalue weighted by molar-refractivity contribution is -0.118. The fourth-order valence-electron chi connectivity index (χ4n) is 2.15. The molecule has 4 nitrogen and oxygen atoms in total. The van der Waals surface area contributed by atoms with Crippen LogP contribution < -0.4 is 5.32 Å². The molecule has 2 aromatic carbocycles. The first-order chi connectivity index (χ1) is 11.2. The molecule has 1 atom stereocenters. The van der Waals surface area contributed by atoms with Crippen LogP contribution in [0.1, 0.15) is 11.1 Å². The van der Waals surface area contributed by atoms with Gasteiger partial charge in [-0.2, -0.15) is 5.10 Å². The normalized spacial score (nSPS) is 19.4. The van der Waals surface area contributed by atoms with Gasteiger partial charge >= 0.3 is 0 Å². The minimum atomic E-state index is -0.169. The summed E-state index contributed by atoms with van der Waals surface area (Å²) in [5.74, 6) is -0.0319. The summed E-state index contributed by atoms with van der Waals surface area (Å²) < 4.78 is 0. The van der Waals surface area contributed by atoms with Gasteiger partial charge in [-0.1, -0.05) is 65.8 Å². The van der Waals surface area contributed by atoms with Gasteiger partial charge in [0.15, 0.2) is 5.17 Å². The number of hydrogen-bond donors (Lipinski definition) is 1. The van der Waals surface area contributed by atoms with Crippen LogP contribution in [0.25, 0.3) is 0 Å². The highest BCUT2D eigenvalue weighted by molar-refractivity contribution is 8.15. The molecule has 23 heavy (non-hydrogen) atoms. The van der Waals surface area contributed by atoms with Gasteiger partial charge in [0, 0.05) is 5.02 Å². The van der Waals surface area contributed by atoms with Crippen LogP contribution in [0.4, 0.5) is 0 Å². The van der Waals surface area contributed by atoms with Crippen LogP contribution in [0.5, 0.6) is 0 Å². The lowest BCUT2D eigenvalue weighted by Crippen LogP contribution is -2.25. The van der Waals surface area contributed by atoms with Gasteiger partial charge < -0.3 is 5.32 Å². The fraction of sp³-hybridized carbons (Fsp3) is 0.118. The zero-order valence-electron chi connectivity index (χ0n) is 12.1. The van der Waals surface area contributed by atoms with Crippen molar-refractivity contribution < 1.29 is 4.79 Å². The monoisotopic (exact) mass is 343 g/mol. The van der Waals surface area contributed by atoms with Crippen molar-refractivity contribution in [3.05, 3.63) is 70.7 Å². The second-order valence-corrected chi connectivity index (χ2v) is 6.62. The van der Waals surface area contributed by atoms with Crippen molar-refractivity contribution in [3.63, 3.8) is 0 Å². The summed E-state index contributed by atoms with van der Waals surface area (Å²) >= 11 is 7.31. The molecule has 3 rings (SSSR count). The lowest BCUT2D eigenvalue weighted by atomic mass is 10.1. The Morgan fingerprint density at radius 2 is 2.00 bits per heavy atom. The Labute approximate surface area is 143 Å². The highest BCUT2D eigenvalue weighted by atomic mass is 35.5. The number of halogens is 1. The molecule has 1 N–H and O–H groups in total. The average molecular weight is 344 g/mol. The molecular formula is C17H14ClN3OS. The van der Waals surface area contributed by atoms with Crippen LogP contribution in [0.2, 0.25) is 5.02 Å². The Morgan fingerprint density at radius 1 is 1.17 bits per heavy atom. The third-order valence-corrected chi connectivity index (χ3v) is 4.55. The fourth-order valence-corrected chi connectivity index (χ4v) is 3.31. The molecule has 0 radical (unpaired) electrons. The molecule has 2 aromatic rings. The zero-order chi connectivity index (χ0) is 16.1. The molecule has 1 aliphatic rings. The molecule has 0 bridgehead atoms. The number of hydrogen-bond acceptors (Lipinski definition) is 4. The Bertz CT molecular complexity index is 761. The smallest absolute Gasteiger partial charge is 0.239 e. The third kappa shape index (κ3) is 4.43. The largest absolute Gasteiger partial charge is 0.303 e. The standard InChI is InChI=1S/C17H14ClN3OS/c18-14-8-4-7-13(9-14)11-19-21-17-20-16(22)15(23-17)10-12-5-2-1-3-6-12/h1-9,11,15H,10H2,(H,20,21,22)/b19-11-/t15-/m0/s1. The Morgan fingerprint density at radius 3 is 2.78 bits per heavy atom. The number of amidine groups is 1. The molecular weight excluding hydrogens is 330 g/mol. The summed E-state index contributed by atoms with van der Waals surface area (Å²) in [7, 11) is 0. The van der Waals surface area contributed by atoms with E-state index in [2.05, 4.69) is 15.5 Å². The quantitative estimate of drug-likeness (QED) is 0.682. The van der Waals surface area contributed by atoms with Crippen molar-refractivity contribution in [1.82, 2.24) is 5.32 Å². The SMILES string of the molecule is O=C1N/C(=N\N=C/c2cccc(Cl)c2)S[C@H]1Cc1ccccc1. The number of rotatable bonds is 4. The number of nitrogens with zero attached hydrogens (tertiary/aromatic N) is 2. The number of carbonyl (C=O) groups is 1. The zero-order valence-corrected chi connectivity index (χ0v) is 13.7. The maximum Gasteiger partial charge on any atom is 0.239 e. The average Bonchev–Trinajstić information content (AvgIpc) is 2.88. The van der Waals surface area contributed by atoms with Crippen molar-refractivity contribution >= 4 is 40.7 Å². The van der Waals surface area contributed by atoms with E-state index in [1.54, 1.807) is 18.3 Å². The summed E-state index contributed by atoms with van der Waals surface area (Å²) in [5.41, 5.74) is 1.99. The van der Waals surface area contributed by atoms with E-state index in [-0.39, 0.29) is 11.2 Å². The molecule has 1 amide bonds. The van der Waals surface area contributed by atoms with Gasteiger partial charge in [0.05, 0.1) is 11.5 Å². The first-order valence-corrected chi connectivity index (χ1v) is 8.34. The number of thioether (sulfide) groups is 1. The number of amides is 1. The maximum atomic E-state index is 12.0. The minimum Gasteiger partial charge on any atom is -0.303 e. The topological polar surface area (TPSA) is 53.8 Å². The third-order valence-electron chi connectivity index (χ3n) is 3.24. The van der Waals surface area contributed by atoms with Gasteiger partial charge in [-0.15, -0.1) is 5.10 Å². The molecule has 0 unspecified atom stereocenters. The van der Waals surface area contributed by atoms with Gasteiger partial charge in [-0.25, -0.2) is 0 Å². The summed E-state index contributed by atoms with van der Waals surface area (Å²) in [4.78, 5) is 12.0. The van der Waals surface area contributed by atoms with E-state index in [1.807, 2.05) is 42.5 Å². The van der Waals surface area contributed by atoms with Crippen molar-refractivity contribution in [2.75, 3.05) is 0 Å². The first kappa shape index (κ1) is 15.8. The Kier molecular flexibility index (Phi) is 5.10. The number of benzene rings is 2. The maximum absolute atomic E-state index is 12.0. The van der Waals surface area contributed by atoms with Crippen molar-refractivity contribution in [3.8, 4) is 0 Å². The van der Waals surface area contributed by atoms with Crippen molar-refractivity contribution in [1.29, 1.82) is 0 Å². The number of nitrogens with one attached hydrogen (secondary N) is 1. The summed E-state index contributed by atoms with van der Waals surface area (Å²) in [6.45, 7) is 0. The van der Waals surface area contributed by atoms with Crippen LogP contribution in [0, 0.1) is 0 Å². The Balaban J connectivity index is 1.62. The van der Waals surface area contributed by atoms with Crippen molar-refractivity contribution in [2.24, 2.45) is 10.2 Å². The second-order valence-electron chi connectivity index (χ2n) is 4.99. The van der Waals surface area contributed by atoms with Crippen LogP contribution in [-0.4, -0.2) is 22.5 Å². The highest BCUT2D eigenvalue weighted by Crippen LogP contribution is 2.23. The van der Waals surface area contributed by atoms with Crippen LogP contribution >= 0.6 is 23.4 Å². The van der Waals surface area contributed by atoms with Crippen molar-refractivity contribution in [2.45, 2.75) is 11.7 Å². The van der Waals surface area contributed by atoms with Crippen LogP contribution in [-0.2, 0) is 11.2 Å². The van der Waals surface area contributed by atoms with E-state index in [1.165, 1.54) is 11.8 Å². The molecule has 1 aliphatic heterocycles. The molecule has 0 aliphatic carbocycles. The summed E-state index contributed by atoms with van der Waals surface area (Å²) in [6, 6.07) is 17.3. The van der Waals surface area contributed by atoms with E-state index in [9.17, 15) is 4.79 Å². The molecule has 0 spiro atoms. The minimum absolute atomic E-state index is 0.0319. The van der Waals surface area contributed by atoms with E-state index in [0.717, 1.165) is 11.1 Å². The van der Waals surface area contributed by atoms with Gasteiger partial charge in [0.25, 0.3) is 0 Å². The molecule has 1 saturated heterocycles. The molecule has 0 aromatic heterocycles. The van der Waals surface area contributed by atoms with E-state index in [4.69, 9.17) is 11.6 Å². The highest BCUT2D eigenvalue weighted by Gasteiger charge is 2.30. The molecule has 0 saturated carbocycles. The lowest BCUT2D eigenvalue weighted by Gasteiger charge is -2.04. The first-order valence-electron chi connectivity index (χ1n) is 7.09. The molecule has 6 heteroatoms. The summed E-state index contributed by atoms with van der Waals surface area (Å²) in [5, 5.41) is 11.8.